The van der Waals surface area contributed by atoms with Gasteiger partial charge in [-0.2, -0.15) is 5.10 Å². The van der Waals surface area contributed by atoms with Gasteiger partial charge in [-0.05, 0) is 39.2 Å². The second kappa shape index (κ2) is 5.46. The van der Waals surface area contributed by atoms with Gasteiger partial charge in [0.15, 0.2) is 0 Å². The fourth-order valence-electron chi connectivity index (χ4n) is 2.36. The number of fused-ring (bicyclic) bond motifs is 1. The van der Waals surface area contributed by atoms with E-state index in [1.165, 1.54) is 0 Å². The maximum absolute atomic E-state index is 6.11. The minimum atomic E-state index is -0.335. The van der Waals surface area contributed by atoms with E-state index in [1.54, 1.807) is 0 Å². The molecular weight excluding hydrogens is 263 g/mol. The molecule has 2 heterocycles. The Kier molecular flexibility index (Phi) is 4.18. The molecule has 0 N–H and O–H groups in total. The number of nitrogens with zero attached hydrogens (tertiary/aromatic N) is 2. The largest absolute Gasteiger partial charge is 0.495 e. The summed E-state index contributed by atoms with van der Waals surface area (Å²) in [5.74, 6) is 0. The molecule has 2 aromatic rings. The molecule has 0 unspecified atom stereocenters. The molecule has 1 saturated heterocycles. The lowest BCUT2D eigenvalue weighted by atomic mass is 9.77. The summed E-state index contributed by atoms with van der Waals surface area (Å²) in [7, 11) is 1.59. The van der Waals surface area contributed by atoms with Gasteiger partial charge in [-0.15, -0.1) is 0 Å². The SMILES string of the molecule is CC.Cn1cc2c(B3OC(C)(C)C(C)(C)O3)cccc2n1. The van der Waals surface area contributed by atoms with Crippen LogP contribution in [-0.2, 0) is 16.4 Å². The van der Waals surface area contributed by atoms with Crippen molar-refractivity contribution in [2.24, 2.45) is 7.05 Å². The minimum absolute atomic E-state index is 0.317. The fraction of sp³-hybridized carbons (Fsp3) is 0.562. The Morgan fingerprint density at radius 1 is 1.05 bits per heavy atom. The van der Waals surface area contributed by atoms with Crippen molar-refractivity contribution in [1.29, 1.82) is 0 Å². The molecule has 3 rings (SSSR count). The van der Waals surface area contributed by atoms with Crippen LogP contribution >= 0.6 is 0 Å². The van der Waals surface area contributed by atoms with E-state index in [1.807, 2.05) is 50.0 Å². The maximum atomic E-state index is 6.11. The number of hydrogen-bond donors (Lipinski definition) is 0. The molecule has 0 atom stereocenters. The molecule has 0 bridgehead atoms. The van der Waals surface area contributed by atoms with E-state index in [0.717, 1.165) is 16.4 Å². The first-order valence-corrected chi connectivity index (χ1v) is 7.58. The Labute approximate surface area is 127 Å². The third-order valence-corrected chi connectivity index (χ3v) is 4.21. The van der Waals surface area contributed by atoms with Crippen LogP contribution in [-0.4, -0.2) is 28.1 Å². The molecule has 0 spiro atoms. The predicted molar refractivity (Wildman–Crippen MR) is 87.8 cm³/mol. The van der Waals surface area contributed by atoms with Gasteiger partial charge < -0.3 is 9.31 Å². The van der Waals surface area contributed by atoms with Crippen molar-refractivity contribution in [2.45, 2.75) is 52.7 Å². The first-order valence-electron chi connectivity index (χ1n) is 7.58. The number of benzene rings is 1. The van der Waals surface area contributed by atoms with Gasteiger partial charge in [0.05, 0.1) is 16.7 Å². The number of aromatic nitrogens is 2. The van der Waals surface area contributed by atoms with Crippen molar-refractivity contribution in [2.75, 3.05) is 0 Å². The summed E-state index contributed by atoms with van der Waals surface area (Å²) in [4.78, 5) is 0. The van der Waals surface area contributed by atoms with Crippen molar-refractivity contribution in [3.63, 3.8) is 0 Å². The molecule has 1 aliphatic rings. The number of hydrogen-bond acceptors (Lipinski definition) is 3. The van der Waals surface area contributed by atoms with Gasteiger partial charge in [0.25, 0.3) is 0 Å². The lowest BCUT2D eigenvalue weighted by molar-refractivity contribution is 0.00578. The van der Waals surface area contributed by atoms with Gasteiger partial charge >= 0.3 is 7.12 Å². The quantitative estimate of drug-likeness (QED) is 0.757. The van der Waals surface area contributed by atoms with Crippen LogP contribution in [0, 0.1) is 0 Å². The van der Waals surface area contributed by atoms with Crippen LogP contribution in [0.1, 0.15) is 41.5 Å². The Hall–Kier alpha value is -1.33. The van der Waals surface area contributed by atoms with E-state index in [4.69, 9.17) is 9.31 Å². The second-order valence-corrected chi connectivity index (χ2v) is 6.17. The van der Waals surface area contributed by atoms with Gasteiger partial charge in [0, 0.05) is 18.6 Å². The lowest BCUT2D eigenvalue weighted by Gasteiger charge is -2.32. The van der Waals surface area contributed by atoms with E-state index >= 15 is 0 Å². The third-order valence-electron chi connectivity index (χ3n) is 4.21. The molecule has 0 aliphatic carbocycles. The van der Waals surface area contributed by atoms with Crippen molar-refractivity contribution in [3.8, 4) is 0 Å². The van der Waals surface area contributed by atoms with Gasteiger partial charge in [-0.3, -0.25) is 4.68 Å². The predicted octanol–water partition coefficient (Wildman–Crippen LogP) is 2.90. The molecule has 1 fully saturated rings. The standard InChI is InChI=1S/C14H19BN2O2.C2H6/c1-13(2)14(3,4)19-15(18-13)11-7-6-8-12-10(11)9-17(5)16-12;1-2/h6-9H,1-5H3;1-2H3. The van der Waals surface area contributed by atoms with Crippen molar-refractivity contribution in [3.05, 3.63) is 24.4 Å². The van der Waals surface area contributed by atoms with Gasteiger partial charge in [-0.25, -0.2) is 0 Å². The van der Waals surface area contributed by atoms with Crippen LogP contribution in [0.25, 0.3) is 10.9 Å². The Morgan fingerprint density at radius 2 is 1.62 bits per heavy atom. The highest BCUT2D eigenvalue weighted by atomic mass is 16.7. The van der Waals surface area contributed by atoms with E-state index < -0.39 is 0 Å². The van der Waals surface area contributed by atoms with Gasteiger partial charge in [0.2, 0.25) is 0 Å². The summed E-state index contributed by atoms with van der Waals surface area (Å²) in [6.45, 7) is 12.3. The summed E-state index contributed by atoms with van der Waals surface area (Å²) in [5, 5.41) is 5.51. The van der Waals surface area contributed by atoms with Crippen LogP contribution in [0.5, 0.6) is 0 Å². The Morgan fingerprint density at radius 3 is 2.19 bits per heavy atom. The van der Waals surface area contributed by atoms with Crippen LogP contribution in [0.3, 0.4) is 0 Å². The molecule has 1 aromatic heterocycles. The topological polar surface area (TPSA) is 36.3 Å². The summed E-state index contributed by atoms with van der Waals surface area (Å²) in [6.07, 6.45) is 2.01. The highest BCUT2D eigenvalue weighted by molar-refractivity contribution is 6.65. The van der Waals surface area contributed by atoms with Crippen LogP contribution < -0.4 is 5.46 Å². The molecule has 21 heavy (non-hydrogen) atoms. The molecular formula is C16H25BN2O2. The molecule has 114 valence electrons. The van der Waals surface area contributed by atoms with E-state index in [9.17, 15) is 0 Å². The van der Waals surface area contributed by atoms with Crippen molar-refractivity contribution < 1.29 is 9.31 Å². The average molecular weight is 288 g/mol. The lowest BCUT2D eigenvalue weighted by Crippen LogP contribution is -2.41. The van der Waals surface area contributed by atoms with Crippen molar-refractivity contribution in [1.82, 2.24) is 9.78 Å². The monoisotopic (exact) mass is 288 g/mol. The highest BCUT2D eigenvalue weighted by Gasteiger charge is 2.52. The zero-order valence-electron chi connectivity index (χ0n) is 14.1. The average Bonchev–Trinajstić information content (AvgIpc) is 2.88. The molecule has 4 nitrogen and oxygen atoms in total. The van der Waals surface area contributed by atoms with Crippen molar-refractivity contribution >= 4 is 23.5 Å². The zero-order chi connectivity index (χ0) is 15.8. The van der Waals surface area contributed by atoms with Crippen LogP contribution in [0.4, 0.5) is 0 Å². The maximum Gasteiger partial charge on any atom is 0.495 e. The van der Waals surface area contributed by atoms with Gasteiger partial charge in [-0.1, -0.05) is 26.0 Å². The van der Waals surface area contributed by atoms with Crippen LogP contribution in [0.2, 0.25) is 0 Å². The van der Waals surface area contributed by atoms with E-state index in [0.29, 0.717) is 0 Å². The molecule has 5 heteroatoms. The van der Waals surface area contributed by atoms with E-state index in [-0.39, 0.29) is 18.3 Å². The highest BCUT2D eigenvalue weighted by Crippen LogP contribution is 2.36. The summed E-state index contributed by atoms with van der Waals surface area (Å²) < 4.78 is 14.0. The molecule has 1 aliphatic heterocycles. The minimum Gasteiger partial charge on any atom is -0.399 e. The summed E-state index contributed by atoms with van der Waals surface area (Å²) >= 11 is 0. The van der Waals surface area contributed by atoms with Gasteiger partial charge in [0.1, 0.15) is 0 Å². The molecule has 0 saturated carbocycles. The molecule has 0 radical (unpaired) electrons. The fourth-order valence-corrected chi connectivity index (χ4v) is 2.36. The van der Waals surface area contributed by atoms with Crippen LogP contribution in [0.15, 0.2) is 24.4 Å². The smallest absolute Gasteiger partial charge is 0.399 e. The Bertz CT molecular complexity index is 618. The first-order chi connectivity index (χ1) is 9.80. The van der Waals surface area contributed by atoms with E-state index in [2.05, 4.69) is 32.8 Å². The summed E-state index contributed by atoms with van der Waals surface area (Å²) in [6, 6.07) is 6.05. The normalized spacial score (nSPS) is 19.5. The Balaban J connectivity index is 0.000000774. The first kappa shape index (κ1) is 16.1. The second-order valence-electron chi connectivity index (χ2n) is 6.17. The number of aryl methyl sites for hydroxylation is 1. The molecule has 1 aromatic carbocycles. The number of rotatable bonds is 1. The molecule has 0 amide bonds. The zero-order valence-corrected chi connectivity index (χ0v) is 14.1. The third kappa shape index (κ3) is 2.72. The summed E-state index contributed by atoms with van der Waals surface area (Å²) in [5.41, 5.74) is 1.38.